The van der Waals surface area contributed by atoms with E-state index in [-0.39, 0.29) is 11.8 Å². The van der Waals surface area contributed by atoms with Crippen molar-refractivity contribution in [1.29, 1.82) is 0 Å². The summed E-state index contributed by atoms with van der Waals surface area (Å²) >= 11 is 0. The van der Waals surface area contributed by atoms with Gasteiger partial charge in [-0.25, -0.2) is 0 Å². The van der Waals surface area contributed by atoms with E-state index in [1.165, 1.54) is 5.57 Å². The van der Waals surface area contributed by atoms with Gasteiger partial charge in [-0.15, -0.1) is 0 Å². The Hall–Kier alpha value is -0.830. The SMILES string of the molecule is CC(C)=CCNC(=O)C1CCC(N)CC1. The number of nitrogens with one attached hydrogen (secondary N) is 1. The first-order valence-electron chi connectivity index (χ1n) is 5.76. The molecule has 0 spiro atoms. The zero-order valence-electron chi connectivity index (χ0n) is 9.75. The molecule has 3 heteroatoms. The Labute approximate surface area is 92.1 Å². The standard InChI is InChI=1S/C12H22N2O/c1-9(2)7-8-14-12(15)10-3-5-11(13)6-4-10/h7,10-11H,3-6,8,13H2,1-2H3,(H,14,15). The van der Waals surface area contributed by atoms with Gasteiger partial charge < -0.3 is 11.1 Å². The molecule has 0 atom stereocenters. The maximum Gasteiger partial charge on any atom is 0.223 e. The zero-order chi connectivity index (χ0) is 11.3. The lowest BCUT2D eigenvalue weighted by Gasteiger charge is -2.24. The summed E-state index contributed by atoms with van der Waals surface area (Å²) in [5.74, 6) is 0.384. The minimum atomic E-state index is 0.190. The van der Waals surface area contributed by atoms with Crippen LogP contribution in [0.5, 0.6) is 0 Å². The fraction of sp³-hybridized carbons (Fsp3) is 0.750. The van der Waals surface area contributed by atoms with Crippen molar-refractivity contribution in [1.82, 2.24) is 5.32 Å². The quantitative estimate of drug-likeness (QED) is 0.695. The van der Waals surface area contributed by atoms with Gasteiger partial charge >= 0.3 is 0 Å². The van der Waals surface area contributed by atoms with Crippen LogP contribution in [0.25, 0.3) is 0 Å². The summed E-state index contributed by atoms with van der Waals surface area (Å²) < 4.78 is 0. The zero-order valence-corrected chi connectivity index (χ0v) is 9.75. The van der Waals surface area contributed by atoms with Gasteiger partial charge in [0.1, 0.15) is 0 Å². The van der Waals surface area contributed by atoms with Crippen molar-refractivity contribution in [3.05, 3.63) is 11.6 Å². The molecule has 0 aromatic rings. The summed E-state index contributed by atoms with van der Waals surface area (Å²) in [4.78, 5) is 11.7. The molecule has 0 aliphatic heterocycles. The van der Waals surface area contributed by atoms with Crippen LogP contribution in [0.1, 0.15) is 39.5 Å². The second-order valence-corrected chi connectivity index (χ2v) is 4.64. The predicted octanol–water partition coefficient (Wildman–Crippen LogP) is 1.59. The lowest BCUT2D eigenvalue weighted by Crippen LogP contribution is -2.36. The van der Waals surface area contributed by atoms with E-state index >= 15 is 0 Å². The van der Waals surface area contributed by atoms with Gasteiger partial charge in [0.2, 0.25) is 5.91 Å². The highest BCUT2D eigenvalue weighted by atomic mass is 16.1. The molecule has 0 heterocycles. The van der Waals surface area contributed by atoms with E-state index in [1.807, 2.05) is 19.9 Å². The number of amides is 1. The molecule has 3 N–H and O–H groups in total. The molecule has 3 nitrogen and oxygen atoms in total. The molecule has 0 unspecified atom stereocenters. The number of carbonyl (C=O) groups excluding carboxylic acids is 1. The minimum absolute atomic E-state index is 0.190. The normalized spacial score (nSPS) is 25.8. The van der Waals surface area contributed by atoms with E-state index in [1.54, 1.807) is 0 Å². The summed E-state index contributed by atoms with van der Waals surface area (Å²) in [6.45, 7) is 4.72. The molecule has 0 bridgehead atoms. The van der Waals surface area contributed by atoms with Crippen molar-refractivity contribution in [3.8, 4) is 0 Å². The Balaban J connectivity index is 2.25. The fourth-order valence-corrected chi connectivity index (χ4v) is 1.88. The van der Waals surface area contributed by atoms with E-state index in [4.69, 9.17) is 5.73 Å². The van der Waals surface area contributed by atoms with Crippen LogP contribution in [-0.2, 0) is 4.79 Å². The maximum atomic E-state index is 11.7. The molecule has 1 aliphatic rings. The molecule has 1 aliphatic carbocycles. The van der Waals surface area contributed by atoms with Crippen molar-refractivity contribution in [2.24, 2.45) is 11.7 Å². The summed E-state index contributed by atoms with van der Waals surface area (Å²) in [5, 5.41) is 2.94. The number of rotatable bonds is 3. The monoisotopic (exact) mass is 210 g/mol. The molecule has 1 saturated carbocycles. The molecule has 1 rings (SSSR count). The van der Waals surface area contributed by atoms with E-state index in [9.17, 15) is 4.79 Å². The van der Waals surface area contributed by atoms with Gasteiger partial charge in [0.25, 0.3) is 0 Å². The lowest BCUT2D eigenvalue weighted by atomic mass is 9.86. The Morgan fingerprint density at radius 1 is 1.33 bits per heavy atom. The largest absolute Gasteiger partial charge is 0.352 e. The number of hydrogen-bond acceptors (Lipinski definition) is 2. The van der Waals surface area contributed by atoms with Gasteiger partial charge in [0.15, 0.2) is 0 Å². The third-order valence-electron chi connectivity index (χ3n) is 2.93. The summed E-state index contributed by atoms with van der Waals surface area (Å²) in [5.41, 5.74) is 7.03. The van der Waals surface area contributed by atoms with Crippen LogP contribution in [0.15, 0.2) is 11.6 Å². The number of allylic oxidation sites excluding steroid dienone is 1. The maximum absolute atomic E-state index is 11.7. The molecule has 1 fully saturated rings. The molecule has 1 amide bonds. The van der Waals surface area contributed by atoms with E-state index in [2.05, 4.69) is 5.32 Å². The Morgan fingerprint density at radius 2 is 1.93 bits per heavy atom. The molecular formula is C12H22N2O. The number of hydrogen-bond donors (Lipinski definition) is 2. The highest BCUT2D eigenvalue weighted by Crippen LogP contribution is 2.22. The van der Waals surface area contributed by atoms with E-state index in [0.717, 1.165) is 25.7 Å². The van der Waals surface area contributed by atoms with Crippen molar-refractivity contribution in [2.45, 2.75) is 45.6 Å². The Kier molecular flexibility index (Phi) is 4.82. The molecule has 0 aromatic heterocycles. The highest BCUT2D eigenvalue weighted by Gasteiger charge is 2.23. The van der Waals surface area contributed by atoms with Crippen LogP contribution in [0, 0.1) is 5.92 Å². The lowest BCUT2D eigenvalue weighted by molar-refractivity contribution is -0.125. The molecule has 0 radical (unpaired) electrons. The van der Waals surface area contributed by atoms with Crippen LogP contribution in [-0.4, -0.2) is 18.5 Å². The topological polar surface area (TPSA) is 55.1 Å². The molecule has 0 saturated heterocycles. The van der Waals surface area contributed by atoms with Gasteiger partial charge in [0.05, 0.1) is 0 Å². The first-order chi connectivity index (χ1) is 7.09. The Bertz CT molecular complexity index is 236. The fourth-order valence-electron chi connectivity index (χ4n) is 1.88. The van der Waals surface area contributed by atoms with Gasteiger partial charge in [-0.3, -0.25) is 4.79 Å². The molecule has 15 heavy (non-hydrogen) atoms. The molecule has 86 valence electrons. The van der Waals surface area contributed by atoms with Crippen molar-refractivity contribution < 1.29 is 4.79 Å². The van der Waals surface area contributed by atoms with Crippen molar-refractivity contribution in [3.63, 3.8) is 0 Å². The first-order valence-corrected chi connectivity index (χ1v) is 5.76. The molecule has 0 aromatic carbocycles. The summed E-state index contributed by atoms with van der Waals surface area (Å²) in [6, 6.07) is 0.312. The first kappa shape index (κ1) is 12.2. The average molecular weight is 210 g/mol. The predicted molar refractivity (Wildman–Crippen MR) is 62.4 cm³/mol. The highest BCUT2D eigenvalue weighted by molar-refractivity contribution is 5.78. The summed E-state index contributed by atoms with van der Waals surface area (Å²) in [7, 11) is 0. The number of nitrogens with two attached hydrogens (primary N) is 1. The van der Waals surface area contributed by atoms with Crippen LogP contribution >= 0.6 is 0 Å². The van der Waals surface area contributed by atoms with Crippen LogP contribution < -0.4 is 11.1 Å². The third-order valence-corrected chi connectivity index (χ3v) is 2.93. The van der Waals surface area contributed by atoms with Gasteiger partial charge in [-0.1, -0.05) is 11.6 Å². The van der Waals surface area contributed by atoms with E-state index < -0.39 is 0 Å². The third kappa shape index (κ3) is 4.47. The van der Waals surface area contributed by atoms with Crippen LogP contribution in [0.3, 0.4) is 0 Å². The average Bonchev–Trinajstić information content (AvgIpc) is 2.18. The summed E-state index contributed by atoms with van der Waals surface area (Å²) in [6.07, 6.45) is 5.90. The van der Waals surface area contributed by atoms with Crippen LogP contribution in [0.2, 0.25) is 0 Å². The van der Waals surface area contributed by atoms with Gasteiger partial charge in [0, 0.05) is 18.5 Å². The van der Waals surface area contributed by atoms with Crippen molar-refractivity contribution in [2.75, 3.05) is 6.54 Å². The van der Waals surface area contributed by atoms with Gasteiger partial charge in [-0.2, -0.15) is 0 Å². The van der Waals surface area contributed by atoms with E-state index in [0.29, 0.717) is 12.6 Å². The second-order valence-electron chi connectivity index (χ2n) is 4.64. The van der Waals surface area contributed by atoms with Gasteiger partial charge in [-0.05, 0) is 39.5 Å². The second kappa shape index (κ2) is 5.91. The molecular weight excluding hydrogens is 188 g/mol. The smallest absolute Gasteiger partial charge is 0.223 e. The Morgan fingerprint density at radius 3 is 2.47 bits per heavy atom. The minimum Gasteiger partial charge on any atom is -0.352 e. The van der Waals surface area contributed by atoms with Crippen molar-refractivity contribution >= 4 is 5.91 Å². The van der Waals surface area contributed by atoms with Crippen LogP contribution in [0.4, 0.5) is 0 Å². The number of carbonyl (C=O) groups is 1.